The summed E-state index contributed by atoms with van der Waals surface area (Å²) in [5.41, 5.74) is 2.97. The summed E-state index contributed by atoms with van der Waals surface area (Å²) in [6, 6.07) is 16.3. The lowest BCUT2D eigenvalue weighted by Crippen LogP contribution is -2.34. The highest BCUT2D eigenvalue weighted by Gasteiger charge is 2.19. The summed E-state index contributed by atoms with van der Waals surface area (Å²) < 4.78 is 23.0. The van der Waals surface area contributed by atoms with Gasteiger partial charge in [-0.2, -0.15) is 0 Å². The standard InChI is InChI=1S/C19H19NO3S/c1-24(22,23)18-9-7-17(8-10-18)19(21)20-13-11-16(12-14-20)15-5-3-2-4-6-15/h2-11H,12-14H2,1H3. The fourth-order valence-electron chi connectivity index (χ4n) is 2.80. The van der Waals surface area contributed by atoms with Crippen LogP contribution in [-0.2, 0) is 9.84 Å². The van der Waals surface area contributed by atoms with Crippen LogP contribution in [0.1, 0.15) is 22.3 Å². The Hall–Kier alpha value is -2.40. The average molecular weight is 341 g/mol. The van der Waals surface area contributed by atoms with Crippen LogP contribution in [0.15, 0.2) is 65.6 Å². The highest BCUT2D eigenvalue weighted by Crippen LogP contribution is 2.23. The van der Waals surface area contributed by atoms with Crippen LogP contribution in [0, 0.1) is 0 Å². The Morgan fingerprint density at radius 3 is 2.21 bits per heavy atom. The predicted molar refractivity (Wildman–Crippen MR) is 94.5 cm³/mol. The zero-order valence-corrected chi connectivity index (χ0v) is 14.3. The van der Waals surface area contributed by atoms with Crippen molar-refractivity contribution in [1.29, 1.82) is 0 Å². The molecule has 24 heavy (non-hydrogen) atoms. The molecule has 0 N–H and O–H groups in total. The van der Waals surface area contributed by atoms with E-state index in [4.69, 9.17) is 0 Å². The minimum atomic E-state index is -3.24. The van der Waals surface area contributed by atoms with Crippen molar-refractivity contribution in [3.05, 3.63) is 71.8 Å². The number of amides is 1. The van der Waals surface area contributed by atoms with Crippen LogP contribution in [0.4, 0.5) is 0 Å². The van der Waals surface area contributed by atoms with Gasteiger partial charge in [-0.05, 0) is 41.8 Å². The normalized spacial score (nSPS) is 15.0. The topological polar surface area (TPSA) is 54.5 Å². The number of carbonyl (C=O) groups is 1. The van der Waals surface area contributed by atoms with Gasteiger partial charge in [0.1, 0.15) is 0 Å². The Bertz CT molecular complexity index is 869. The fraction of sp³-hybridized carbons (Fsp3) is 0.211. The molecule has 0 atom stereocenters. The highest BCUT2D eigenvalue weighted by molar-refractivity contribution is 7.90. The summed E-state index contributed by atoms with van der Waals surface area (Å²) in [6.45, 7) is 1.23. The molecule has 0 radical (unpaired) electrons. The third-order valence-electron chi connectivity index (χ3n) is 4.17. The Morgan fingerprint density at radius 2 is 1.67 bits per heavy atom. The Morgan fingerprint density at radius 1 is 1.00 bits per heavy atom. The molecule has 2 aromatic rings. The summed E-state index contributed by atoms with van der Waals surface area (Å²) in [5.74, 6) is -0.0709. The van der Waals surface area contributed by atoms with E-state index in [9.17, 15) is 13.2 Å². The second kappa shape index (κ2) is 6.61. The molecule has 0 fully saturated rings. The number of sulfone groups is 1. The lowest BCUT2D eigenvalue weighted by Gasteiger charge is -2.27. The number of hydrogen-bond acceptors (Lipinski definition) is 3. The maximum absolute atomic E-state index is 12.6. The number of carbonyl (C=O) groups excluding carboxylic acids is 1. The van der Waals surface area contributed by atoms with E-state index in [2.05, 4.69) is 18.2 Å². The molecule has 0 aromatic heterocycles. The van der Waals surface area contributed by atoms with Gasteiger partial charge in [0.15, 0.2) is 9.84 Å². The third kappa shape index (κ3) is 3.57. The van der Waals surface area contributed by atoms with Gasteiger partial charge in [-0.25, -0.2) is 8.42 Å². The fourth-order valence-corrected chi connectivity index (χ4v) is 3.43. The zero-order valence-electron chi connectivity index (χ0n) is 13.5. The molecular formula is C19H19NO3S. The first-order valence-corrected chi connectivity index (χ1v) is 9.68. The molecule has 124 valence electrons. The lowest BCUT2D eigenvalue weighted by molar-refractivity contribution is 0.0773. The first-order valence-electron chi connectivity index (χ1n) is 7.79. The third-order valence-corrected chi connectivity index (χ3v) is 5.30. The van der Waals surface area contributed by atoms with E-state index in [-0.39, 0.29) is 10.8 Å². The van der Waals surface area contributed by atoms with Crippen LogP contribution < -0.4 is 0 Å². The SMILES string of the molecule is CS(=O)(=O)c1ccc(C(=O)N2CC=C(c3ccccc3)CC2)cc1. The summed E-state index contributed by atoms with van der Waals surface area (Å²) in [4.78, 5) is 14.6. The van der Waals surface area contributed by atoms with Crippen molar-refractivity contribution in [3.63, 3.8) is 0 Å². The molecule has 2 aromatic carbocycles. The van der Waals surface area contributed by atoms with Gasteiger partial charge in [0.2, 0.25) is 0 Å². The van der Waals surface area contributed by atoms with Crippen molar-refractivity contribution in [2.24, 2.45) is 0 Å². The van der Waals surface area contributed by atoms with Crippen LogP contribution in [-0.4, -0.2) is 38.6 Å². The van der Waals surface area contributed by atoms with Gasteiger partial charge in [0.25, 0.3) is 5.91 Å². The molecule has 0 unspecified atom stereocenters. The number of rotatable bonds is 3. The first kappa shape index (κ1) is 16.5. The van der Waals surface area contributed by atoms with Gasteiger partial charge in [-0.15, -0.1) is 0 Å². The molecule has 1 amide bonds. The van der Waals surface area contributed by atoms with Crippen molar-refractivity contribution < 1.29 is 13.2 Å². The van der Waals surface area contributed by atoms with Crippen molar-refractivity contribution in [2.45, 2.75) is 11.3 Å². The number of hydrogen-bond donors (Lipinski definition) is 0. The second-order valence-corrected chi connectivity index (χ2v) is 7.91. The maximum atomic E-state index is 12.6. The van der Waals surface area contributed by atoms with E-state index in [1.165, 1.54) is 23.3 Å². The van der Waals surface area contributed by atoms with Crippen molar-refractivity contribution in [1.82, 2.24) is 4.90 Å². The van der Waals surface area contributed by atoms with Gasteiger partial charge in [0, 0.05) is 24.9 Å². The predicted octanol–water partition coefficient (Wildman–Crippen LogP) is 3.02. The summed E-state index contributed by atoms with van der Waals surface area (Å²) in [7, 11) is -3.24. The van der Waals surface area contributed by atoms with Crippen LogP contribution in [0.25, 0.3) is 5.57 Å². The van der Waals surface area contributed by atoms with Crippen molar-refractivity contribution in [3.8, 4) is 0 Å². The van der Waals surface area contributed by atoms with Gasteiger partial charge in [-0.3, -0.25) is 4.79 Å². The Balaban J connectivity index is 1.72. The molecule has 0 bridgehead atoms. The van der Waals surface area contributed by atoms with Crippen LogP contribution in [0.5, 0.6) is 0 Å². The summed E-state index contributed by atoms with van der Waals surface area (Å²) in [6.07, 6.45) is 4.06. The quantitative estimate of drug-likeness (QED) is 0.862. The van der Waals surface area contributed by atoms with E-state index in [0.717, 1.165) is 12.7 Å². The molecule has 5 heteroatoms. The van der Waals surface area contributed by atoms with Gasteiger partial charge in [0.05, 0.1) is 4.90 Å². The van der Waals surface area contributed by atoms with Crippen LogP contribution in [0.2, 0.25) is 0 Å². The molecule has 1 aliphatic heterocycles. The molecule has 0 saturated heterocycles. The molecule has 1 aliphatic rings. The van der Waals surface area contributed by atoms with E-state index in [0.29, 0.717) is 18.7 Å². The molecule has 0 saturated carbocycles. The largest absolute Gasteiger partial charge is 0.335 e. The number of benzene rings is 2. The first-order chi connectivity index (χ1) is 11.4. The Kier molecular flexibility index (Phi) is 4.53. The molecule has 0 aliphatic carbocycles. The smallest absolute Gasteiger partial charge is 0.254 e. The van der Waals surface area contributed by atoms with E-state index >= 15 is 0 Å². The minimum Gasteiger partial charge on any atom is -0.335 e. The monoisotopic (exact) mass is 341 g/mol. The van der Waals surface area contributed by atoms with Crippen molar-refractivity contribution >= 4 is 21.3 Å². The lowest BCUT2D eigenvalue weighted by atomic mass is 9.99. The zero-order chi connectivity index (χ0) is 17.2. The van der Waals surface area contributed by atoms with E-state index < -0.39 is 9.84 Å². The van der Waals surface area contributed by atoms with E-state index in [1.54, 1.807) is 17.0 Å². The number of nitrogens with zero attached hydrogens (tertiary/aromatic N) is 1. The molecule has 1 heterocycles. The minimum absolute atomic E-state index is 0.0709. The van der Waals surface area contributed by atoms with Gasteiger partial charge >= 0.3 is 0 Å². The second-order valence-electron chi connectivity index (χ2n) is 5.89. The van der Waals surface area contributed by atoms with Crippen LogP contribution in [0.3, 0.4) is 0 Å². The molecule has 3 rings (SSSR count). The van der Waals surface area contributed by atoms with Crippen molar-refractivity contribution in [2.75, 3.05) is 19.3 Å². The maximum Gasteiger partial charge on any atom is 0.254 e. The van der Waals surface area contributed by atoms with Gasteiger partial charge in [-0.1, -0.05) is 36.4 Å². The van der Waals surface area contributed by atoms with Gasteiger partial charge < -0.3 is 4.90 Å². The molecule has 4 nitrogen and oxygen atoms in total. The summed E-state index contributed by atoms with van der Waals surface area (Å²) in [5, 5.41) is 0. The Labute approximate surface area is 142 Å². The average Bonchev–Trinajstić information content (AvgIpc) is 2.61. The molecular weight excluding hydrogens is 322 g/mol. The summed E-state index contributed by atoms with van der Waals surface area (Å²) >= 11 is 0. The van der Waals surface area contributed by atoms with Crippen LogP contribution >= 0.6 is 0 Å². The highest BCUT2D eigenvalue weighted by atomic mass is 32.2. The molecule has 0 spiro atoms. The van der Waals surface area contributed by atoms with E-state index in [1.807, 2.05) is 18.2 Å².